The zero-order valence-electron chi connectivity index (χ0n) is 5.48. The van der Waals surface area contributed by atoms with Crippen molar-refractivity contribution in [2.75, 3.05) is 6.61 Å². The van der Waals surface area contributed by atoms with Crippen LogP contribution in [0.3, 0.4) is 0 Å². The highest BCUT2D eigenvalue weighted by Crippen LogP contribution is 2.17. The van der Waals surface area contributed by atoms with Gasteiger partial charge < -0.3 is 9.72 Å². The van der Waals surface area contributed by atoms with Gasteiger partial charge in [0.1, 0.15) is 5.75 Å². The fraction of sp³-hybridized carbons (Fsp3) is 0.333. The Morgan fingerprint density at radius 2 is 2.18 bits per heavy atom. The highest BCUT2D eigenvalue weighted by atomic mass is 19.4. The van der Waals surface area contributed by atoms with Crippen LogP contribution in [0.2, 0.25) is 0 Å². The molecule has 0 fully saturated rings. The number of ether oxygens (including phenoxy) is 1. The van der Waals surface area contributed by atoms with Crippen molar-refractivity contribution >= 4 is 0 Å². The first-order chi connectivity index (χ1) is 5.08. The van der Waals surface area contributed by atoms with Crippen LogP contribution in [0.25, 0.3) is 0 Å². The van der Waals surface area contributed by atoms with Crippen LogP contribution >= 0.6 is 0 Å². The smallest absolute Gasteiger partial charge is 0.422 e. The highest BCUT2D eigenvalue weighted by molar-refractivity contribution is 5.15. The summed E-state index contributed by atoms with van der Waals surface area (Å²) in [5.41, 5.74) is 0. The van der Waals surface area contributed by atoms with E-state index in [-0.39, 0.29) is 5.75 Å². The number of hydrogen-bond donors (Lipinski definition) is 1. The fourth-order valence-corrected chi connectivity index (χ4v) is 0.564. The second kappa shape index (κ2) is 2.86. The van der Waals surface area contributed by atoms with Crippen molar-refractivity contribution in [3.63, 3.8) is 0 Å². The van der Waals surface area contributed by atoms with Gasteiger partial charge in [-0.15, -0.1) is 0 Å². The molecule has 0 spiro atoms. The highest BCUT2D eigenvalue weighted by Gasteiger charge is 2.28. The molecule has 1 aromatic rings. The average Bonchev–Trinajstić information content (AvgIpc) is 2.32. The Kier molecular flexibility index (Phi) is 2.07. The third-order valence-corrected chi connectivity index (χ3v) is 0.972. The summed E-state index contributed by atoms with van der Waals surface area (Å²) in [6.07, 6.45) is -1.42. The minimum absolute atomic E-state index is 0.197. The van der Waals surface area contributed by atoms with Gasteiger partial charge in [-0.3, -0.25) is 0 Å². The van der Waals surface area contributed by atoms with Gasteiger partial charge in [0, 0.05) is 12.4 Å². The monoisotopic (exact) mass is 165 g/mol. The van der Waals surface area contributed by atoms with Crippen LogP contribution < -0.4 is 4.74 Å². The van der Waals surface area contributed by atoms with Crippen LogP contribution in [0.1, 0.15) is 0 Å². The number of halogens is 3. The molecule has 1 heterocycles. The third-order valence-electron chi connectivity index (χ3n) is 0.972. The van der Waals surface area contributed by atoms with Crippen LogP contribution in [-0.4, -0.2) is 17.8 Å². The predicted molar refractivity (Wildman–Crippen MR) is 32.3 cm³/mol. The molecule has 0 aliphatic carbocycles. The number of alkyl halides is 3. The van der Waals surface area contributed by atoms with Gasteiger partial charge in [0.05, 0.1) is 0 Å². The van der Waals surface area contributed by atoms with Crippen LogP contribution in [-0.2, 0) is 0 Å². The summed E-state index contributed by atoms with van der Waals surface area (Å²) in [5, 5.41) is 0. The van der Waals surface area contributed by atoms with Crippen LogP contribution in [0, 0.1) is 0 Å². The van der Waals surface area contributed by atoms with E-state index in [0.29, 0.717) is 0 Å². The Labute approximate surface area is 61.0 Å². The van der Waals surface area contributed by atoms with Crippen molar-refractivity contribution in [3.05, 3.63) is 18.5 Å². The maximum Gasteiger partial charge on any atom is 0.422 e. The molecule has 0 aliphatic heterocycles. The molecule has 0 radical (unpaired) electrons. The molecule has 0 unspecified atom stereocenters. The minimum Gasteiger partial charge on any atom is -0.483 e. The van der Waals surface area contributed by atoms with E-state index in [2.05, 4.69) is 9.72 Å². The zero-order valence-corrected chi connectivity index (χ0v) is 5.48. The molecule has 1 aromatic heterocycles. The van der Waals surface area contributed by atoms with Gasteiger partial charge in [-0.1, -0.05) is 0 Å². The molecule has 0 amide bonds. The van der Waals surface area contributed by atoms with Crippen LogP contribution in [0.15, 0.2) is 18.5 Å². The number of aromatic amines is 1. The molecule has 0 saturated heterocycles. The molecule has 0 atom stereocenters. The standard InChI is InChI=1S/C6H6F3NO/c7-6(8,9)4-11-5-1-2-10-3-5/h1-3,10H,4H2. The maximum atomic E-state index is 11.5. The first kappa shape index (κ1) is 7.97. The normalized spacial score (nSPS) is 11.5. The molecule has 0 saturated carbocycles. The molecular formula is C6H6F3NO. The molecule has 0 aromatic carbocycles. The Balaban J connectivity index is 2.35. The van der Waals surface area contributed by atoms with Gasteiger partial charge in [0.15, 0.2) is 6.61 Å². The van der Waals surface area contributed by atoms with E-state index in [4.69, 9.17) is 0 Å². The van der Waals surface area contributed by atoms with E-state index in [1.807, 2.05) is 0 Å². The largest absolute Gasteiger partial charge is 0.483 e. The van der Waals surface area contributed by atoms with E-state index in [0.717, 1.165) is 0 Å². The molecule has 0 aliphatic rings. The van der Waals surface area contributed by atoms with E-state index in [9.17, 15) is 13.2 Å². The third kappa shape index (κ3) is 2.97. The van der Waals surface area contributed by atoms with Crippen molar-refractivity contribution in [1.29, 1.82) is 0 Å². The van der Waals surface area contributed by atoms with Crippen molar-refractivity contribution in [3.8, 4) is 5.75 Å². The number of H-pyrrole nitrogens is 1. The number of nitrogens with one attached hydrogen (secondary N) is 1. The van der Waals surface area contributed by atoms with Gasteiger partial charge in [-0.25, -0.2) is 0 Å². The number of aromatic nitrogens is 1. The lowest BCUT2D eigenvalue weighted by Gasteiger charge is -2.06. The first-order valence-electron chi connectivity index (χ1n) is 2.90. The Morgan fingerprint density at radius 3 is 2.64 bits per heavy atom. The number of rotatable bonds is 2. The zero-order chi connectivity index (χ0) is 8.32. The predicted octanol–water partition coefficient (Wildman–Crippen LogP) is 1.96. The summed E-state index contributed by atoms with van der Waals surface area (Å²) in [4.78, 5) is 2.57. The molecule has 11 heavy (non-hydrogen) atoms. The fourth-order valence-electron chi connectivity index (χ4n) is 0.564. The van der Waals surface area contributed by atoms with Crippen molar-refractivity contribution in [2.45, 2.75) is 6.18 Å². The Morgan fingerprint density at radius 1 is 1.45 bits per heavy atom. The quantitative estimate of drug-likeness (QED) is 0.711. The van der Waals surface area contributed by atoms with Crippen molar-refractivity contribution in [1.82, 2.24) is 4.98 Å². The first-order valence-corrected chi connectivity index (χ1v) is 2.90. The van der Waals surface area contributed by atoms with Gasteiger partial charge in [0.25, 0.3) is 0 Å². The summed E-state index contributed by atoms with van der Waals surface area (Å²) in [6, 6.07) is 1.42. The summed E-state index contributed by atoms with van der Waals surface area (Å²) in [6.45, 7) is -1.25. The topological polar surface area (TPSA) is 25.0 Å². The molecule has 0 bridgehead atoms. The van der Waals surface area contributed by atoms with Crippen molar-refractivity contribution in [2.24, 2.45) is 0 Å². The molecule has 5 heteroatoms. The maximum absolute atomic E-state index is 11.5. The lowest BCUT2D eigenvalue weighted by Crippen LogP contribution is -2.18. The van der Waals surface area contributed by atoms with Gasteiger partial charge in [-0.2, -0.15) is 13.2 Å². The molecule has 62 valence electrons. The summed E-state index contributed by atoms with van der Waals surface area (Å²) in [7, 11) is 0. The van der Waals surface area contributed by atoms with Crippen LogP contribution in [0.4, 0.5) is 13.2 Å². The Hall–Kier alpha value is -1.13. The molecule has 1 rings (SSSR count). The summed E-state index contributed by atoms with van der Waals surface area (Å²) < 4.78 is 38.9. The average molecular weight is 165 g/mol. The molecular weight excluding hydrogens is 159 g/mol. The minimum atomic E-state index is -4.27. The van der Waals surface area contributed by atoms with Gasteiger partial charge >= 0.3 is 6.18 Å². The molecule has 1 N–H and O–H groups in total. The lowest BCUT2D eigenvalue weighted by molar-refractivity contribution is -0.153. The van der Waals surface area contributed by atoms with Crippen LogP contribution in [0.5, 0.6) is 5.75 Å². The van der Waals surface area contributed by atoms with E-state index in [1.54, 1.807) is 0 Å². The lowest BCUT2D eigenvalue weighted by atomic mass is 10.6. The SMILES string of the molecule is FC(F)(F)COc1cc[nH]c1. The second-order valence-corrected chi connectivity index (χ2v) is 1.95. The number of hydrogen-bond acceptors (Lipinski definition) is 1. The Bertz CT molecular complexity index is 204. The van der Waals surface area contributed by atoms with Gasteiger partial charge in [0.2, 0.25) is 0 Å². The molecule has 2 nitrogen and oxygen atoms in total. The van der Waals surface area contributed by atoms with E-state index in [1.165, 1.54) is 18.5 Å². The van der Waals surface area contributed by atoms with Crippen molar-refractivity contribution < 1.29 is 17.9 Å². The van der Waals surface area contributed by atoms with E-state index < -0.39 is 12.8 Å². The summed E-state index contributed by atoms with van der Waals surface area (Å²) >= 11 is 0. The van der Waals surface area contributed by atoms with Gasteiger partial charge in [-0.05, 0) is 6.07 Å². The van der Waals surface area contributed by atoms with E-state index >= 15 is 0 Å². The second-order valence-electron chi connectivity index (χ2n) is 1.95. The summed E-state index contributed by atoms with van der Waals surface area (Å²) in [5.74, 6) is 0.197.